The van der Waals surface area contributed by atoms with E-state index in [1.54, 1.807) is 0 Å². The molecule has 0 spiro atoms. The average molecular weight is 257 g/mol. The van der Waals surface area contributed by atoms with Crippen LogP contribution in [0.1, 0.15) is 11.3 Å². The van der Waals surface area contributed by atoms with Gasteiger partial charge < -0.3 is 10.6 Å². The Morgan fingerprint density at radius 2 is 1.94 bits per heavy atom. The van der Waals surface area contributed by atoms with Crippen molar-refractivity contribution in [3.63, 3.8) is 0 Å². The first-order valence-electron chi connectivity index (χ1n) is 5.75. The lowest BCUT2D eigenvalue weighted by atomic mass is 10.2. The van der Waals surface area contributed by atoms with Crippen molar-refractivity contribution in [3.05, 3.63) is 59.9 Å². The van der Waals surface area contributed by atoms with E-state index >= 15 is 0 Å². The topological polar surface area (TPSA) is 37.0 Å². The molecule has 4 heteroatoms. The molecule has 0 fully saturated rings. The van der Waals surface area contributed by atoms with E-state index in [0.717, 1.165) is 16.9 Å². The van der Waals surface area contributed by atoms with Crippen LogP contribution in [0.15, 0.2) is 48.7 Å². The Hall–Kier alpha value is -1.94. The van der Waals surface area contributed by atoms with Gasteiger partial charge in [0.15, 0.2) is 5.11 Å². The number of para-hydroxylation sites is 1. The molecule has 1 aromatic carbocycles. The number of aromatic nitrogens is 1. The third kappa shape index (κ3) is 3.82. The smallest absolute Gasteiger partial charge is 0.171 e. The number of pyridine rings is 1. The molecule has 0 aliphatic heterocycles. The molecule has 0 atom stereocenters. The highest BCUT2D eigenvalue weighted by molar-refractivity contribution is 7.80. The summed E-state index contributed by atoms with van der Waals surface area (Å²) in [7, 11) is 0. The highest BCUT2D eigenvalue weighted by Gasteiger charge is 1.97. The minimum Gasteiger partial charge on any atom is -0.358 e. The van der Waals surface area contributed by atoms with E-state index in [0.29, 0.717) is 11.7 Å². The summed E-state index contributed by atoms with van der Waals surface area (Å²) >= 11 is 5.22. The molecule has 2 aromatic rings. The quantitative estimate of drug-likeness (QED) is 0.829. The van der Waals surface area contributed by atoms with E-state index < -0.39 is 0 Å². The normalized spacial score (nSPS) is 9.83. The van der Waals surface area contributed by atoms with Crippen molar-refractivity contribution in [1.29, 1.82) is 0 Å². The molecule has 0 saturated carbocycles. The van der Waals surface area contributed by atoms with Gasteiger partial charge in [0, 0.05) is 24.1 Å². The Balaban J connectivity index is 1.83. The van der Waals surface area contributed by atoms with E-state index in [1.165, 1.54) is 0 Å². The first-order valence-corrected chi connectivity index (χ1v) is 6.16. The van der Waals surface area contributed by atoms with E-state index in [9.17, 15) is 0 Å². The third-order valence-corrected chi connectivity index (χ3v) is 2.70. The Morgan fingerprint density at radius 1 is 1.17 bits per heavy atom. The molecule has 92 valence electrons. The fourth-order valence-electron chi connectivity index (χ4n) is 1.48. The first-order chi connectivity index (χ1) is 8.74. The summed E-state index contributed by atoms with van der Waals surface area (Å²) in [6.45, 7) is 2.64. The van der Waals surface area contributed by atoms with Gasteiger partial charge >= 0.3 is 0 Å². The van der Waals surface area contributed by atoms with Crippen LogP contribution < -0.4 is 10.6 Å². The average Bonchev–Trinajstić information content (AvgIpc) is 2.39. The van der Waals surface area contributed by atoms with Crippen molar-refractivity contribution in [2.45, 2.75) is 13.5 Å². The third-order valence-electron chi connectivity index (χ3n) is 2.46. The van der Waals surface area contributed by atoms with Gasteiger partial charge in [-0.05, 0) is 42.9 Å². The summed E-state index contributed by atoms with van der Waals surface area (Å²) in [5.41, 5.74) is 3.11. The number of anilines is 1. The zero-order valence-electron chi connectivity index (χ0n) is 10.2. The van der Waals surface area contributed by atoms with E-state index in [1.807, 2.05) is 55.6 Å². The van der Waals surface area contributed by atoms with Crippen molar-refractivity contribution in [1.82, 2.24) is 10.3 Å². The molecular formula is C14H15N3S. The van der Waals surface area contributed by atoms with Crippen molar-refractivity contribution in [2.24, 2.45) is 0 Å². The largest absolute Gasteiger partial charge is 0.358 e. The summed E-state index contributed by atoms with van der Waals surface area (Å²) in [5, 5.41) is 6.88. The number of hydrogen-bond acceptors (Lipinski definition) is 2. The van der Waals surface area contributed by atoms with Crippen molar-refractivity contribution in [2.75, 3.05) is 5.32 Å². The molecule has 0 radical (unpaired) electrons. The molecule has 2 N–H and O–H groups in total. The Morgan fingerprint density at radius 3 is 2.61 bits per heavy atom. The minimum atomic E-state index is 0.613. The molecule has 0 aliphatic carbocycles. The van der Waals surface area contributed by atoms with E-state index in [2.05, 4.69) is 15.6 Å². The van der Waals surface area contributed by atoms with Crippen LogP contribution in [0, 0.1) is 6.92 Å². The molecule has 2 rings (SSSR count). The van der Waals surface area contributed by atoms with Gasteiger partial charge in [-0.3, -0.25) is 4.98 Å². The molecule has 0 amide bonds. The molecule has 1 heterocycles. The number of nitrogens with zero attached hydrogens (tertiary/aromatic N) is 1. The van der Waals surface area contributed by atoms with Crippen LogP contribution >= 0.6 is 12.2 Å². The van der Waals surface area contributed by atoms with Gasteiger partial charge in [-0.25, -0.2) is 0 Å². The molecule has 0 saturated heterocycles. The highest BCUT2D eigenvalue weighted by Crippen LogP contribution is 2.05. The summed E-state index contributed by atoms with van der Waals surface area (Å²) in [6, 6.07) is 13.9. The zero-order chi connectivity index (χ0) is 12.8. The van der Waals surface area contributed by atoms with Gasteiger partial charge in [0.25, 0.3) is 0 Å². The van der Waals surface area contributed by atoms with E-state index in [-0.39, 0.29) is 0 Å². The number of aryl methyl sites for hydroxylation is 1. The van der Waals surface area contributed by atoms with Crippen LogP contribution in [0.3, 0.4) is 0 Å². The maximum atomic E-state index is 5.22. The molecule has 3 nitrogen and oxygen atoms in total. The number of benzene rings is 1. The van der Waals surface area contributed by atoms with Gasteiger partial charge in [-0.15, -0.1) is 0 Å². The Bertz CT molecular complexity index is 508. The second-order valence-corrected chi connectivity index (χ2v) is 4.39. The van der Waals surface area contributed by atoms with Gasteiger partial charge in [-0.1, -0.05) is 24.3 Å². The molecule has 0 unspecified atom stereocenters. The van der Waals surface area contributed by atoms with Gasteiger partial charge in [0.1, 0.15) is 0 Å². The zero-order valence-corrected chi connectivity index (χ0v) is 11.0. The molecule has 18 heavy (non-hydrogen) atoms. The molecule has 0 aliphatic rings. The summed E-state index contributed by atoms with van der Waals surface area (Å²) < 4.78 is 0. The second-order valence-electron chi connectivity index (χ2n) is 3.98. The van der Waals surface area contributed by atoms with Gasteiger partial charge in [0.2, 0.25) is 0 Å². The number of thiocarbonyl (C=S) groups is 1. The predicted octanol–water partition coefficient (Wildman–Crippen LogP) is 2.88. The monoisotopic (exact) mass is 257 g/mol. The van der Waals surface area contributed by atoms with Crippen LogP contribution in [0.5, 0.6) is 0 Å². The first kappa shape index (κ1) is 12.5. The Kier molecular flexibility index (Phi) is 4.25. The van der Waals surface area contributed by atoms with Crippen LogP contribution in [0.4, 0.5) is 5.69 Å². The maximum Gasteiger partial charge on any atom is 0.171 e. The fourth-order valence-corrected chi connectivity index (χ4v) is 1.67. The Labute approximate surface area is 112 Å². The molecule has 0 bridgehead atoms. The molecular weight excluding hydrogens is 242 g/mol. The maximum absolute atomic E-state index is 5.22. The van der Waals surface area contributed by atoms with Crippen LogP contribution in [0.25, 0.3) is 0 Å². The van der Waals surface area contributed by atoms with Crippen LogP contribution in [-0.4, -0.2) is 10.1 Å². The van der Waals surface area contributed by atoms with Crippen LogP contribution in [0.2, 0.25) is 0 Å². The number of nitrogens with one attached hydrogen (secondary N) is 2. The van der Waals surface area contributed by atoms with Gasteiger partial charge in [-0.2, -0.15) is 0 Å². The summed E-state index contributed by atoms with van der Waals surface area (Å²) in [6.07, 6.45) is 1.85. The SMILES string of the molecule is Cc1ccc(CNC(=S)Nc2ccccc2)cn1. The van der Waals surface area contributed by atoms with Crippen LogP contribution in [-0.2, 0) is 6.54 Å². The van der Waals surface area contributed by atoms with Crippen molar-refractivity contribution in [3.8, 4) is 0 Å². The standard InChI is InChI=1S/C14H15N3S/c1-11-7-8-12(9-15-11)10-16-14(18)17-13-5-3-2-4-6-13/h2-9H,10H2,1H3,(H2,16,17,18). The predicted molar refractivity (Wildman–Crippen MR) is 78.5 cm³/mol. The summed E-state index contributed by atoms with van der Waals surface area (Å²) in [5.74, 6) is 0. The fraction of sp³-hybridized carbons (Fsp3) is 0.143. The van der Waals surface area contributed by atoms with Gasteiger partial charge in [0.05, 0.1) is 0 Å². The minimum absolute atomic E-state index is 0.613. The highest BCUT2D eigenvalue weighted by atomic mass is 32.1. The van der Waals surface area contributed by atoms with E-state index in [4.69, 9.17) is 12.2 Å². The summed E-state index contributed by atoms with van der Waals surface area (Å²) in [4.78, 5) is 4.24. The van der Waals surface area contributed by atoms with Crippen molar-refractivity contribution < 1.29 is 0 Å². The number of hydrogen-bond donors (Lipinski definition) is 2. The lowest BCUT2D eigenvalue weighted by molar-refractivity contribution is 0.913. The van der Waals surface area contributed by atoms with Crippen molar-refractivity contribution >= 4 is 23.0 Å². The molecule has 1 aromatic heterocycles. The lowest BCUT2D eigenvalue weighted by Crippen LogP contribution is -2.27. The second kappa shape index (κ2) is 6.12. The number of rotatable bonds is 3. The lowest BCUT2D eigenvalue weighted by Gasteiger charge is -2.10.